The van der Waals surface area contributed by atoms with Gasteiger partial charge in [0, 0.05) is 0 Å². The van der Waals surface area contributed by atoms with Gasteiger partial charge in [0.2, 0.25) is 5.13 Å². The van der Waals surface area contributed by atoms with E-state index in [4.69, 9.17) is 0 Å². The number of amidine groups is 1. The molecule has 0 saturated heterocycles. The van der Waals surface area contributed by atoms with Gasteiger partial charge in [-0.2, -0.15) is 5.10 Å². The molecule has 0 unspecified atom stereocenters. The van der Waals surface area contributed by atoms with Crippen LogP contribution in [0.4, 0.5) is 10.8 Å². The fraction of sp³-hybridized carbons (Fsp3) is 0.0667. The van der Waals surface area contributed by atoms with Crippen molar-refractivity contribution in [3.63, 3.8) is 0 Å². The first-order chi connectivity index (χ1) is 10.7. The van der Waals surface area contributed by atoms with Gasteiger partial charge in [-0.25, -0.2) is 4.98 Å². The van der Waals surface area contributed by atoms with E-state index in [1.54, 1.807) is 31.2 Å². The summed E-state index contributed by atoms with van der Waals surface area (Å²) >= 11 is 1.47. The van der Waals surface area contributed by atoms with E-state index in [0.717, 1.165) is 10.2 Å². The topological polar surface area (TPSA) is 82.2 Å². The first-order valence-electron chi connectivity index (χ1n) is 6.58. The van der Waals surface area contributed by atoms with Gasteiger partial charge < -0.3 is 5.11 Å². The van der Waals surface area contributed by atoms with E-state index in [2.05, 4.69) is 25.7 Å². The first kappa shape index (κ1) is 14.2. The second kappa shape index (κ2) is 6.31. The number of anilines is 1. The van der Waals surface area contributed by atoms with E-state index in [0.29, 0.717) is 16.7 Å². The fourth-order valence-electron chi connectivity index (χ4n) is 1.75. The number of nitrogens with zero attached hydrogens (tertiary/aromatic N) is 4. The number of hydrazone groups is 1. The van der Waals surface area contributed by atoms with Crippen LogP contribution in [0.1, 0.15) is 6.92 Å². The van der Waals surface area contributed by atoms with Crippen LogP contribution in [0, 0.1) is 0 Å². The van der Waals surface area contributed by atoms with Gasteiger partial charge in [0.25, 0.3) is 0 Å². The molecule has 0 bridgehead atoms. The monoisotopic (exact) mass is 311 g/mol. The van der Waals surface area contributed by atoms with Gasteiger partial charge >= 0.3 is 0 Å². The lowest BCUT2D eigenvalue weighted by Gasteiger charge is -2.02. The molecule has 3 rings (SSSR count). The summed E-state index contributed by atoms with van der Waals surface area (Å²) in [7, 11) is 0. The zero-order valence-corrected chi connectivity index (χ0v) is 12.6. The van der Waals surface area contributed by atoms with Gasteiger partial charge in [0.05, 0.1) is 15.9 Å². The third-order valence-corrected chi connectivity index (χ3v) is 3.73. The number of fused-ring (bicyclic) bond motifs is 1. The number of thiazole rings is 1. The summed E-state index contributed by atoms with van der Waals surface area (Å²) in [6.45, 7) is 1.71. The van der Waals surface area contributed by atoms with E-state index in [1.807, 2.05) is 24.3 Å². The number of phenols is 1. The minimum atomic E-state index is 0.127. The molecule has 7 heteroatoms. The number of aromatic nitrogens is 1. The van der Waals surface area contributed by atoms with Crippen LogP contribution in [0.3, 0.4) is 0 Å². The molecule has 0 aliphatic heterocycles. The Bertz CT molecular complexity index is 823. The Hall–Kier alpha value is -2.80. The van der Waals surface area contributed by atoms with Crippen molar-refractivity contribution in [1.82, 2.24) is 4.98 Å². The number of benzene rings is 2. The normalized spacial score (nSPS) is 12.1. The number of hydrogen-bond donors (Lipinski definition) is 2. The number of rotatable bonds is 3. The molecular formula is C15H13N5OS. The molecule has 0 atom stereocenters. The van der Waals surface area contributed by atoms with Crippen molar-refractivity contribution in [2.24, 2.45) is 15.3 Å². The standard InChI is InChI=1S/C15H13N5OS/c1-10(17-19-11-6-2-4-8-13(11)21)18-20-15-16-12-7-3-5-9-14(12)22-15/h2-9,19,21H,1H3/b17-10-,20-18?. The van der Waals surface area contributed by atoms with Gasteiger partial charge in [-0.05, 0) is 31.2 Å². The van der Waals surface area contributed by atoms with Crippen LogP contribution in [0.2, 0.25) is 0 Å². The van der Waals surface area contributed by atoms with Crippen molar-refractivity contribution in [3.05, 3.63) is 48.5 Å². The van der Waals surface area contributed by atoms with Crippen LogP contribution >= 0.6 is 11.3 Å². The second-order valence-corrected chi connectivity index (χ2v) is 5.46. The van der Waals surface area contributed by atoms with E-state index >= 15 is 0 Å². The Balaban J connectivity index is 1.71. The highest BCUT2D eigenvalue weighted by Gasteiger charge is 2.01. The molecule has 22 heavy (non-hydrogen) atoms. The van der Waals surface area contributed by atoms with Crippen LogP contribution in [-0.2, 0) is 0 Å². The molecule has 2 aromatic carbocycles. The molecule has 110 valence electrons. The predicted octanol–water partition coefficient (Wildman–Crippen LogP) is 4.53. The quantitative estimate of drug-likeness (QED) is 0.245. The summed E-state index contributed by atoms with van der Waals surface area (Å²) < 4.78 is 1.07. The molecule has 2 N–H and O–H groups in total. The van der Waals surface area contributed by atoms with Gasteiger partial charge in [-0.15, -0.1) is 10.2 Å². The van der Waals surface area contributed by atoms with Crippen molar-refractivity contribution in [1.29, 1.82) is 0 Å². The summed E-state index contributed by atoms with van der Waals surface area (Å²) in [6, 6.07) is 14.7. The zero-order valence-electron chi connectivity index (χ0n) is 11.8. The van der Waals surface area contributed by atoms with Crippen molar-refractivity contribution >= 4 is 38.2 Å². The minimum Gasteiger partial charge on any atom is -0.506 e. The molecule has 0 fully saturated rings. The molecule has 1 heterocycles. The largest absolute Gasteiger partial charge is 0.506 e. The third-order valence-electron chi connectivity index (χ3n) is 2.81. The molecule has 0 amide bonds. The maximum absolute atomic E-state index is 9.62. The highest BCUT2D eigenvalue weighted by molar-refractivity contribution is 7.21. The van der Waals surface area contributed by atoms with Crippen LogP contribution in [-0.4, -0.2) is 15.9 Å². The molecule has 0 saturated carbocycles. The molecule has 0 spiro atoms. The van der Waals surface area contributed by atoms with E-state index < -0.39 is 0 Å². The van der Waals surface area contributed by atoms with Gasteiger partial charge in [-0.1, -0.05) is 35.6 Å². The number of nitrogens with one attached hydrogen (secondary N) is 1. The fourth-order valence-corrected chi connectivity index (χ4v) is 2.54. The number of para-hydroxylation sites is 3. The maximum atomic E-state index is 9.62. The molecule has 6 nitrogen and oxygen atoms in total. The smallest absolute Gasteiger partial charge is 0.231 e. The molecule has 3 aromatic rings. The summed E-state index contributed by atoms with van der Waals surface area (Å²) in [6.07, 6.45) is 0. The molecule has 1 aromatic heterocycles. The lowest BCUT2D eigenvalue weighted by Crippen LogP contribution is -1.94. The van der Waals surface area contributed by atoms with Crippen LogP contribution in [0.15, 0.2) is 63.9 Å². The zero-order chi connectivity index (χ0) is 15.4. The van der Waals surface area contributed by atoms with Crippen LogP contribution in [0.25, 0.3) is 10.2 Å². The highest BCUT2D eigenvalue weighted by Crippen LogP contribution is 2.27. The van der Waals surface area contributed by atoms with Crippen molar-refractivity contribution in [3.8, 4) is 5.75 Å². The molecular weight excluding hydrogens is 298 g/mol. The lowest BCUT2D eigenvalue weighted by molar-refractivity contribution is 0.477. The average molecular weight is 311 g/mol. The van der Waals surface area contributed by atoms with E-state index in [-0.39, 0.29) is 5.75 Å². The Morgan fingerprint density at radius 2 is 1.91 bits per heavy atom. The van der Waals surface area contributed by atoms with Gasteiger partial charge in [0.1, 0.15) is 5.75 Å². The second-order valence-electron chi connectivity index (χ2n) is 4.45. The summed E-state index contributed by atoms with van der Waals surface area (Å²) in [5, 5.41) is 22.3. The average Bonchev–Trinajstić information content (AvgIpc) is 2.95. The first-order valence-corrected chi connectivity index (χ1v) is 7.39. The van der Waals surface area contributed by atoms with E-state index in [9.17, 15) is 5.11 Å². The number of hydrogen-bond acceptors (Lipinski definition) is 6. The predicted molar refractivity (Wildman–Crippen MR) is 89.0 cm³/mol. The Labute approximate surface area is 130 Å². The van der Waals surface area contributed by atoms with Crippen molar-refractivity contribution in [2.45, 2.75) is 6.92 Å². The van der Waals surface area contributed by atoms with Crippen molar-refractivity contribution < 1.29 is 5.11 Å². The van der Waals surface area contributed by atoms with Crippen molar-refractivity contribution in [2.75, 3.05) is 5.43 Å². The molecule has 0 aliphatic carbocycles. The SMILES string of the molecule is C/C(N=Nc1nc2ccccc2s1)=N/Nc1ccccc1O. The van der Waals surface area contributed by atoms with E-state index in [1.165, 1.54) is 11.3 Å². The summed E-state index contributed by atoms with van der Waals surface area (Å²) in [4.78, 5) is 4.36. The maximum Gasteiger partial charge on any atom is 0.231 e. The highest BCUT2D eigenvalue weighted by atomic mass is 32.1. The molecule has 0 radical (unpaired) electrons. The van der Waals surface area contributed by atoms with Gasteiger partial charge in [-0.3, -0.25) is 5.43 Å². The van der Waals surface area contributed by atoms with Crippen LogP contribution < -0.4 is 5.43 Å². The number of phenolic OH excluding ortho intramolecular Hbond substituents is 1. The van der Waals surface area contributed by atoms with Crippen LogP contribution in [0.5, 0.6) is 5.75 Å². The summed E-state index contributed by atoms with van der Waals surface area (Å²) in [5.74, 6) is 0.560. The lowest BCUT2D eigenvalue weighted by atomic mass is 10.3. The number of aromatic hydroxyl groups is 1. The Morgan fingerprint density at radius 1 is 1.14 bits per heavy atom. The van der Waals surface area contributed by atoms with Gasteiger partial charge in [0.15, 0.2) is 5.84 Å². The summed E-state index contributed by atoms with van der Waals surface area (Å²) in [5.41, 5.74) is 4.16. The molecule has 0 aliphatic rings. The Kier molecular flexibility index (Phi) is 4.06. The third kappa shape index (κ3) is 3.26. The number of azo groups is 1. The minimum absolute atomic E-state index is 0.127. The Morgan fingerprint density at radius 3 is 2.73 bits per heavy atom.